The van der Waals surface area contributed by atoms with E-state index < -0.39 is 0 Å². The summed E-state index contributed by atoms with van der Waals surface area (Å²) < 4.78 is 0. The molecule has 1 aromatic rings. The average Bonchev–Trinajstić information content (AvgIpc) is 2.90. The average molecular weight is 262 g/mol. The summed E-state index contributed by atoms with van der Waals surface area (Å²) in [6.45, 7) is 7.41. The highest BCUT2D eigenvalue weighted by molar-refractivity contribution is 5.27. The maximum Gasteiger partial charge on any atom is 0.0919 e. The number of likely N-dealkylation sites (tertiary alicyclic amines) is 1. The fourth-order valence-corrected chi connectivity index (χ4v) is 2.76. The number of likely N-dealkylation sites (N-methyl/N-ethyl adjacent to an activating group) is 1. The number of aryl methyl sites for hydroxylation is 1. The lowest BCUT2D eigenvalue weighted by atomic mass is 10.0. The minimum Gasteiger partial charge on any atom is -0.387 e. The molecule has 0 spiro atoms. The van der Waals surface area contributed by atoms with Crippen molar-refractivity contribution in [3.63, 3.8) is 0 Å². The van der Waals surface area contributed by atoms with Crippen LogP contribution >= 0.6 is 0 Å². The zero-order chi connectivity index (χ0) is 13.7. The van der Waals surface area contributed by atoms with Crippen molar-refractivity contribution < 1.29 is 5.11 Å². The monoisotopic (exact) mass is 262 g/mol. The number of aliphatic hydroxyl groups excluding tert-OH is 1. The molecule has 2 rings (SSSR count). The van der Waals surface area contributed by atoms with E-state index in [1.165, 1.54) is 31.5 Å². The van der Waals surface area contributed by atoms with Crippen LogP contribution in [0.3, 0.4) is 0 Å². The van der Waals surface area contributed by atoms with Gasteiger partial charge in [0.15, 0.2) is 0 Å². The summed E-state index contributed by atoms with van der Waals surface area (Å²) in [4.78, 5) is 4.74. The molecule has 106 valence electrons. The molecule has 1 saturated heterocycles. The SMILES string of the molecule is Cc1ccccc1C(O)CN(C)CCN1CCCC1. The standard InChI is InChI=1S/C16H26N2O/c1-14-7-3-4-8-15(14)16(19)13-17(2)11-12-18-9-5-6-10-18/h3-4,7-8,16,19H,5-6,9-13H2,1-2H3. The molecule has 1 N–H and O–H groups in total. The lowest BCUT2D eigenvalue weighted by Crippen LogP contribution is -2.33. The van der Waals surface area contributed by atoms with Crippen LogP contribution in [0, 0.1) is 6.92 Å². The summed E-state index contributed by atoms with van der Waals surface area (Å²) in [5.41, 5.74) is 2.22. The number of aliphatic hydroxyl groups is 1. The molecule has 0 aliphatic carbocycles. The molecule has 1 atom stereocenters. The van der Waals surface area contributed by atoms with Gasteiger partial charge in [0.2, 0.25) is 0 Å². The first-order valence-electron chi connectivity index (χ1n) is 7.31. The van der Waals surface area contributed by atoms with Crippen LogP contribution in [0.25, 0.3) is 0 Å². The molecular weight excluding hydrogens is 236 g/mol. The second kappa shape index (κ2) is 7.04. The van der Waals surface area contributed by atoms with E-state index in [2.05, 4.69) is 29.8 Å². The molecule has 1 fully saturated rings. The van der Waals surface area contributed by atoms with Crippen LogP contribution in [0.1, 0.15) is 30.1 Å². The normalized spacial score (nSPS) is 18.1. The fourth-order valence-electron chi connectivity index (χ4n) is 2.76. The van der Waals surface area contributed by atoms with Crippen LogP contribution in [-0.4, -0.2) is 54.7 Å². The first-order chi connectivity index (χ1) is 9.16. The third-order valence-electron chi connectivity index (χ3n) is 4.03. The van der Waals surface area contributed by atoms with Crippen molar-refractivity contribution in [2.75, 3.05) is 39.8 Å². The van der Waals surface area contributed by atoms with E-state index in [-0.39, 0.29) is 6.10 Å². The van der Waals surface area contributed by atoms with Crippen LogP contribution < -0.4 is 0 Å². The first kappa shape index (κ1) is 14.5. The Morgan fingerprint density at radius 3 is 2.63 bits per heavy atom. The Morgan fingerprint density at radius 2 is 1.95 bits per heavy atom. The molecule has 1 aliphatic heterocycles. The van der Waals surface area contributed by atoms with Gasteiger partial charge in [0.25, 0.3) is 0 Å². The Morgan fingerprint density at radius 1 is 1.26 bits per heavy atom. The topological polar surface area (TPSA) is 26.7 Å². The molecule has 0 aromatic heterocycles. The van der Waals surface area contributed by atoms with E-state index in [4.69, 9.17) is 0 Å². The molecule has 19 heavy (non-hydrogen) atoms. The molecule has 0 saturated carbocycles. The van der Waals surface area contributed by atoms with Gasteiger partial charge in [0.05, 0.1) is 6.10 Å². The van der Waals surface area contributed by atoms with Crippen molar-refractivity contribution in [1.82, 2.24) is 9.80 Å². The van der Waals surface area contributed by atoms with E-state index in [0.29, 0.717) is 6.54 Å². The summed E-state index contributed by atoms with van der Waals surface area (Å²) in [6, 6.07) is 8.09. The van der Waals surface area contributed by atoms with Gasteiger partial charge in [-0.25, -0.2) is 0 Å². The lowest BCUT2D eigenvalue weighted by molar-refractivity contribution is 0.120. The molecule has 3 nitrogen and oxygen atoms in total. The highest BCUT2D eigenvalue weighted by Gasteiger charge is 2.15. The van der Waals surface area contributed by atoms with Crippen molar-refractivity contribution >= 4 is 0 Å². The van der Waals surface area contributed by atoms with Crippen LogP contribution in [0.5, 0.6) is 0 Å². The van der Waals surface area contributed by atoms with Gasteiger partial charge in [-0.2, -0.15) is 0 Å². The van der Waals surface area contributed by atoms with Crippen LogP contribution in [-0.2, 0) is 0 Å². The summed E-state index contributed by atoms with van der Waals surface area (Å²) in [6.07, 6.45) is 2.30. The highest BCUT2D eigenvalue weighted by atomic mass is 16.3. The van der Waals surface area contributed by atoms with Gasteiger partial charge in [-0.15, -0.1) is 0 Å². The molecule has 1 aliphatic rings. The molecule has 1 unspecified atom stereocenters. The van der Waals surface area contributed by atoms with Crippen molar-refractivity contribution in [2.24, 2.45) is 0 Å². The Bertz CT molecular complexity index is 388. The van der Waals surface area contributed by atoms with E-state index in [1.54, 1.807) is 0 Å². The van der Waals surface area contributed by atoms with Crippen molar-refractivity contribution in [3.05, 3.63) is 35.4 Å². The molecule has 0 radical (unpaired) electrons. The van der Waals surface area contributed by atoms with E-state index in [1.807, 2.05) is 18.2 Å². The molecule has 3 heteroatoms. The van der Waals surface area contributed by atoms with E-state index in [0.717, 1.165) is 18.7 Å². The van der Waals surface area contributed by atoms with Crippen LogP contribution in [0.2, 0.25) is 0 Å². The smallest absolute Gasteiger partial charge is 0.0919 e. The molecular formula is C16H26N2O. The van der Waals surface area contributed by atoms with Crippen LogP contribution in [0.4, 0.5) is 0 Å². The second-order valence-electron chi connectivity index (χ2n) is 5.68. The largest absolute Gasteiger partial charge is 0.387 e. The number of hydrogen-bond donors (Lipinski definition) is 1. The zero-order valence-electron chi connectivity index (χ0n) is 12.2. The maximum absolute atomic E-state index is 10.3. The van der Waals surface area contributed by atoms with Gasteiger partial charge in [-0.1, -0.05) is 24.3 Å². The Kier molecular flexibility index (Phi) is 5.37. The van der Waals surface area contributed by atoms with Gasteiger partial charge in [-0.3, -0.25) is 0 Å². The number of hydrogen-bond acceptors (Lipinski definition) is 3. The van der Waals surface area contributed by atoms with Gasteiger partial charge >= 0.3 is 0 Å². The van der Waals surface area contributed by atoms with Crippen molar-refractivity contribution in [1.29, 1.82) is 0 Å². The predicted octanol–water partition coefficient (Wildman–Crippen LogP) is 2.06. The summed E-state index contributed by atoms with van der Waals surface area (Å²) >= 11 is 0. The quantitative estimate of drug-likeness (QED) is 0.850. The summed E-state index contributed by atoms with van der Waals surface area (Å²) in [5, 5.41) is 10.3. The first-order valence-corrected chi connectivity index (χ1v) is 7.31. The number of nitrogens with zero attached hydrogens (tertiary/aromatic N) is 2. The summed E-state index contributed by atoms with van der Waals surface area (Å²) in [5.74, 6) is 0. The third-order valence-corrected chi connectivity index (χ3v) is 4.03. The molecule has 1 heterocycles. The van der Waals surface area contributed by atoms with Crippen molar-refractivity contribution in [3.8, 4) is 0 Å². The van der Waals surface area contributed by atoms with Gasteiger partial charge in [-0.05, 0) is 51.0 Å². The second-order valence-corrected chi connectivity index (χ2v) is 5.68. The van der Waals surface area contributed by atoms with Crippen molar-refractivity contribution in [2.45, 2.75) is 25.9 Å². The number of benzene rings is 1. The third kappa shape index (κ3) is 4.30. The highest BCUT2D eigenvalue weighted by Crippen LogP contribution is 2.17. The van der Waals surface area contributed by atoms with Gasteiger partial charge in [0, 0.05) is 19.6 Å². The van der Waals surface area contributed by atoms with E-state index in [9.17, 15) is 5.11 Å². The molecule has 1 aromatic carbocycles. The molecule has 0 amide bonds. The fraction of sp³-hybridized carbons (Fsp3) is 0.625. The van der Waals surface area contributed by atoms with Crippen LogP contribution in [0.15, 0.2) is 24.3 Å². The Hall–Kier alpha value is -0.900. The minimum atomic E-state index is -0.384. The maximum atomic E-state index is 10.3. The molecule has 0 bridgehead atoms. The predicted molar refractivity (Wildman–Crippen MR) is 79.3 cm³/mol. The number of rotatable bonds is 6. The van der Waals surface area contributed by atoms with Gasteiger partial charge < -0.3 is 14.9 Å². The zero-order valence-corrected chi connectivity index (χ0v) is 12.2. The Balaban J connectivity index is 1.78. The Labute approximate surface area is 116 Å². The minimum absolute atomic E-state index is 0.384. The summed E-state index contributed by atoms with van der Waals surface area (Å²) in [7, 11) is 2.09. The van der Waals surface area contributed by atoms with E-state index >= 15 is 0 Å². The lowest BCUT2D eigenvalue weighted by Gasteiger charge is -2.24. The van der Waals surface area contributed by atoms with Gasteiger partial charge in [0.1, 0.15) is 0 Å².